The van der Waals surface area contributed by atoms with Gasteiger partial charge in [0.1, 0.15) is 6.07 Å². The summed E-state index contributed by atoms with van der Waals surface area (Å²) >= 11 is 0. The molecule has 0 saturated carbocycles. The Morgan fingerprint density at radius 2 is 1.63 bits per heavy atom. The number of piperidine rings is 1. The van der Waals surface area contributed by atoms with Crippen LogP contribution in [-0.4, -0.2) is 24.9 Å². The summed E-state index contributed by atoms with van der Waals surface area (Å²) in [4.78, 5) is 26.5. The van der Waals surface area contributed by atoms with Crippen molar-refractivity contribution < 1.29 is 9.59 Å². The first-order valence-corrected chi connectivity index (χ1v) is 9.03. The van der Waals surface area contributed by atoms with E-state index in [-0.39, 0.29) is 0 Å². The Kier molecular flexibility index (Phi) is 5.72. The zero-order valence-corrected chi connectivity index (χ0v) is 15.2. The molecule has 0 spiro atoms. The van der Waals surface area contributed by atoms with Gasteiger partial charge < -0.3 is 15.5 Å². The smallest absolute Gasteiger partial charge is 0.314 e. The number of amides is 2. The molecule has 3 rings (SSSR count). The Bertz CT molecular complexity index is 862. The van der Waals surface area contributed by atoms with Crippen molar-refractivity contribution in [3.63, 3.8) is 0 Å². The molecule has 2 aromatic rings. The third-order valence-electron chi connectivity index (χ3n) is 4.78. The van der Waals surface area contributed by atoms with E-state index in [1.165, 1.54) is 12.8 Å². The Balaban J connectivity index is 1.59. The molecule has 1 aliphatic rings. The molecule has 1 aliphatic heterocycles. The molecule has 0 bridgehead atoms. The number of nitrogens with one attached hydrogen (secondary N) is 2. The van der Waals surface area contributed by atoms with Crippen LogP contribution in [0.25, 0.3) is 0 Å². The lowest BCUT2D eigenvalue weighted by Crippen LogP contribution is -2.32. The lowest BCUT2D eigenvalue weighted by molar-refractivity contribution is -0.133. The molecule has 0 aliphatic carbocycles. The number of nitrogens with zero attached hydrogens (tertiary/aromatic N) is 2. The summed E-state index contributed by atoms with van der Waals surface area (Å²) in [6.07, 6.45) is 2.37. The van der Waals surface area contributed by atoms with Crippen molar-refractivity contribution >= 4 is 28.9 Å². The Hall–Kier alpha value is -3.33. The van der Waals surface area contributed by atoms with Gasteiger partial charge in [-0.15, -0.1) is 0 Å². The first kappa shape index (κ1) is 18.5. The molecule has 0 aromatic heterocycles. The van der Waals surface area contributed by atoms with Crippen molar-refractivity contribution in [1.82, 2.24) is 0 Å². The van der Waals surface area contributed by atoms with Crippen LogP contribution in [-0.2, 0) is 9.59 Å². The highest BCUT2D eigenvalue weighted by atomic mass is 16.2. The van der Waals surface area contributed by atoms with E-state index in [1.54, 1.807) is 36.4 Å². The van der Waals surface area contributed by atoms with Crippen molar-refractivity contribution in [2.75, 3.05) is 28.6 Å². The van der Waals surface area contributed by atoms with Gasteiger partial charge in [-0.2, -0.15) is 5.26 Å². The highest BCUT2D eigenvalue weighted by molar-refractivity contribution is 6.43. The van der Waals surface area contributed by atoms with E-state index in [0.29, 0.717) is 16.9 Å². The van der Waals surface area contributed by atoms with Crippen molar-refractivity contribution in [2.45, 2.75) is 19.8 Å². The molecule has 6 heteroatoms. The first-order chi connectivity index (χ1) is 13.1. The minimum Gasteiger partial charge on any atom is -0.372 e. The number of carbonyl (C=O) groups excluding carboxylic acids is 2. The maximum atomic E-state index is 12.1. The fraction of sp³-hybridized carbons (Fsp3) is 0.286. The van der Waals surface area contributed by atoms with Gasteiger partial charge in [0.2, 0.25) is 0 Å². The van der Waals surface area contributed by atoms with Crippen LogP contribution in [0.15, 0.2) is 48.5 Å². The minimum atomic E-state index is -0.813. The van der Waals surface area contributed by atoms with Crippen molar-refractivity contribution in [3.8, 4) is 6.07 Å². The third kappa shape index (κ3) is 4.64. The van der Waals surface area contributed by atoms with Crippen molar-refractivity contribution in [3.05, 3.63) is 54.1 Å². The minimum absolute atomic E-state index is 0.304. The van der Waals surface area contributed by atoms with Gasteiger partial charge in [-0.3, -0.25) is 9.59 Å². The summed E-state index contributed by atoms with van der Waals surface area (Å²) in [5.74, 6) is -0.821. The first-order valence-electron chi connectivity index (χ1n) is 9.03. The largest absolute Gasteiger partial charge is 0.372 e. The quantitative estimate of drug-likeness (QED) is 0.820. The van der Waals surface area contributed by atoms with Crippen molar-refractivity contribution in [1.29, 1.82) is 5.26 Å². The highest BCUT2D eigenvalue weighted by Crippen LogP contribution is 2.24. The summed E-state index contributed by atoms with van der Waals surface area (Å²) < 4.78 is 0. The molecular formula is C21H22N4O2. The lowest BCUT2D eigenvalue weighted by atomic mass is 9.99. The molecule has 6 nitrogen and oxygen atoms in total. The van der Waals surface area contributed by atoms with Gasteiger partial charge in [-0.25, -0.2) is 0 Å². The Labute approximate surface area is 158 Å². The number of nitriles is 1. The lowest BCUT2D eigenvalue weighted by Gasteiger charge is -2.32. The number of anilines is 3. The number of rotatable bonds is 3. The summed E-state index contributed by atoms with van der Waals surface area (Å²) in [5, 5.41) is 14.1. The van der Waals surface area contributed by atoms with Gasteiger partial charge in [-0.05, 0) is 55.2 Å². The number of hydrogen-bond donors (Lipinski definition) is 2. The van der Waals surface area contributed by atoms with Gasteiger partial charge in [0, 0.05) is 24.5 Å². The number of hydrogen-bond acceptors (Lipinski definition) is 4. The van der Waals surface area contributed by atoms with E-state index in [2.05, 4.69) is 22.5 Å². The Morgan fingerprint density at radius 1 is 1.00 bits per heavy atom. The zero-order chi connectivity index (χ0) is 19.2. The van der Waals surface area contributed by atoms with E-state index in [9.17, 15) is 9.59 Å². The van der Waals surface area contributed by atoms with Crippen LogP contribution >= 0.6 is 0 Å². The van der Waals surface area contributed by atoms with E-state index in [4.69, 9.17) is 5.26 Å². The molecular weight excluding hydrogens is 340 g/mol. The summed E-state index contributed by atoms with van der Waals surface area (Å²) in [7, 11) is 0. The number of carbonyl (C=O) groups is 2. The normalized spacial score (nSPS) is 14.3. The van der Waals surface area contributed by atoms with Gasteiger partial charge in [0.15, 0.2) is 0 Å². The molecule has 1 saturated heterocycles. The summed E-state index contributed by atoms with van der Waals surface area (Å²) in [5.41, 5.74) is 2.29. The molecule has 0 atom stereocenters. The van der Waals surface area contributed by atoms with E-state index < -0.39 is 11.8 Å². The Morgan fingerprint density at radius 3 is 2.30 bits per heavy atom. The van der Waals surface area contributed by atoms with Gasteiger partial charge >= 0.3 is 11.8 Å². The topological polar surface area (TPSA) is 85.2 Å². The average molecular weight is 362 g/mol. The number of para-hydroxylation sites is 1. The molecule has 0 unspecified atom stereocenters. The molecule has 2 N–H and O–H groups in total. The second kappa shape index (κ2) is 8.37. The maximum absolute atomic E-state index is 12.1. The standard InChI is InChI=1S/C21H22N4O2/c1-15-10-12-25(13-11-15)18-8-6-17(7-9-18)23-20(26)21(27)24-19-5-3-2-4-16(19)14-22/h2-9,15H,10-13H2,1H3,(H,23,26)(H,24,27). The average Bonchev–Trinajstić information content (AvgIpc) is 2.69. The van der Waals surface area contributed by atoms with Crippen LogP contribution in [0.2, 0.25) is 0 Å². The predicted octanol–water partition coefficient (Wildman–Crippen LogP) is 3.37. The van der Waals surface area contributed by atoms with Crippen LogP contribution < -0.4 is 15.5 Å². The van der Waals surface area contributed by atoms with Gasteiger partial charge in [0.05, 0.1) is 11.3 Å². The molecule has 2 aromatic carbocycles. The van der Waals surface area contributed by atoms with Gasteiger partial charge in [-0.1, -0.05) is 19.1 Å². The second-order valence-corrected chi connectivity index (χ2v) is 6.78. The van der Waals surface area contributed by atoms with Crippen LogP contribution in [0.5, 0.6) is 0 Å². The summed E-state index contributed by atoms with van der Waals surface area (Å²) in [6.45, 7) is 4.34. The van der Waals surface area contributed by atoms with Gasteiger partial charge in [0.25, 0.3) is 0 Å². The summed E-state index contributed by atoms with van der Waals surface area (Å²) in [6, 6.07) is 16.0. The van der Waals surface area contributed by atoms with Crippen molar-refractivity contribution in [2.24, 2.45) is 5.92 Å². The fourth-order valence-electron chi connectivity index (χ4n) is 3.08. The molecule has 27 heavy (non-hydrogen) atoms. The van der Waals surface area contributed by atoms with Crippen LogP contribution in [0.3, 0.4) is 0 Å². The van der Waals surface area contributed by atoms with E-state index in [1.807, 2.05) is 18.2 Å². The SMILES string of the molecule is CC1CCN(c2ccc(NC(=O)C(=O)Nc3ccccc3C#N)cc2)CC1. The van der Waals surface area contributed by atoms with Crippen LogP contribution in [0.1, 0.15) is 25.3 Å². The monoisotopic (exact) mass is 362 g/mol. The second-order valence-electron chi connectivity index (χ2n) is 6.78. The molecule has 138 valence electrons. The number of benzene rings is 2. The van der Waals surface area contributed by atoms with E-state index >= 15 is 0 Å². The predicted molar refractivity (Wildman–Crippen MR) is 105 cm³/mol. The molecule has 0 radical (unpaired) electrons. The van der Waals surface area contributed by atoms with Crippen LogP contribution in [0.4, 0.5) is 17.1 Å². The van der Waals surface area contributed by atoms with E-state index in [0.717, 1.165) is 24.7 Å². The molecule has 2 amide bonds. The molecule has 1 heterocycles. The fourth-order valence-corrected chi connectivity index (χ4v) is 3.08. The highest BCUT2D eigenvalue weighted by Gasteiger charge is 2.17. The zero-order valence-electron chi connectivity index (χ0n) is 15.2. The van der Waals surface area contributed by atoms with Crippen LogP contribution in [0, 0.1) is 17.2 Å². The molecule has 1 fully saturated rings. The maximum Gasteiger partial charge on any atom is 0.314 e. The third-order valence-corrected chi connectivity index (χ3v) is 4.78.